The van der Waals surface area contributed by atoms with Gasteiger partial charge in [0.15, 0.2) is 4.34 Å². The van der Waals surface area contributed by atoms with Gasteiger partial charge in [-0.1, -0.05) is 32.5 Å². The summed E-state index contributed by atoms with van der Waals surface area (Å²) in [5, 5.41) is 9.40. The molecule has 3 N–H and O–H groups in total. The SMILES string of the molecule is CCc1nsc(SC(CO)C(N)CC(C)C)n1. The summed E-state index contributed by atoms with van der Waals surface area (Å²) in [6.07, 6.45) is 1.76. The van der Waals surface area contributed by atoms with Gasteiger partial charge < -0.3 is 10.8 Å². The number of aromatic nitrogens is 2. The normalized spacial score (nSPS) is 15.2. The molecule has 0 saturated carbocycles. The summed E-state index contributed by atoms with van der Waals surface area (Å²) >= 11 is 2.93. The van der Waals surface area contributed by atoms with Crippen LogP contribution in [0.2, 0.25) is 0 Å². The Hall–Kier alpha value is -0.170. The fourth-order valence-corrected chi connectivity index (χ4v) is 3.45. The number of rotatable bonds is 7. The average Bonchev–Trinajstić information content (AvgIpc) is 2.72. The monoisotopic (exact) mass is 275 g/mol. The van der Waals surface area contributed by atoms with E-state index in [1.54, 1.807) is 11.8 Å². The summed E-state index contributed by atoms with van der Waals surface area (Å²) in [5.41, 5.74) is 6.09. The van der Waals surface area contributed by atoms with Crippen molar-refractivity contribution in [3.8, 4) is 0 Å². The Balaban J connectivity index is 2.56. The fourth-order valence-electron chi connectivity index (χ4n) is 1.52. The lowest BCUT2D eigenvalue weighted by Gasteiger charge is -2.21. The fraction of sp³-hybridized carbons (Fsp3) is 0.818. The molecule has 1 aromatic heterocycles. The molecule has 1 aromatic rings. The van der Waals surface area contributed by atoms with Gasteiger partial charge in [0.05, 0.1) is 11.9 Å². The molecule has 0 aliphatic heterocycles. The van der Waals surface area contributed by atoms with Crippen LogP contribution in [0, 0.1) is 5.92 Å². The Kier molecular flexibility index (Phi) is 6.40. The summed E-state index contributed by atoms with van der Waals surface area (Å²) in [6, 6.07) is -0.000948. The molecule has 0 amide bonds. The molecule has 0 aromatic carbocycles. The highest BCUT2D eigenvalue weighted by Gasteiger charge is 2.21. The first-order valence-corrected chi connectivity index (χ1v) is 7.57. The molecule has 0 spiro atoms. The van der Waals surface area contributed by atoms with E-state index in [0.29, 0.717) is 5.92 Å². The number of hydrogen-bond donors (Lipinski definition) is 2. The zero-order valence-electron chi connectivity index (χ0n) is 10.6. The standard InChI is InChI=1S/C11H21N3OS2/c1-4-10-13-11(17-14-10)16-9(6-15)8(12)5-7(2)3/h7-9,15H,4-6,12H2,1-3H3. The van der Waals surface area contributed by atoms with Crippen molar-refractivity contribution >= 4 is 23.3 Å². The van der Waals surface area contributed by atoms with Gasteiger partial charge in [0.25, 0.3) is 0 Å². The summed E-state index contributed by atoms with van der Waals surface area (Å²) < 4.78 is 5.13. The van der Waals surface area contributed by atoms with Gasteiger partial charge in [0.2, 0.25) is 0 Å². The van der Waals surface area contributed by atoms with Gasteiger partial charge in [-0.15, -0.1) is 0 Å². The number of thioether (sulfide) groups is 1. The van der Waals surface area contributed by atoms with Crippen molar-refractivity contribution in [3.63, 3.8) is 0 Å². The van der Waals surface area contributed by atoms with Gasteiger partial charge in [-0.25, -0.2) is 4.98 Å². The Morgan fingerprint density at radius 2 is 2.18 bits per heavy atom. The van der Waals surface area contributed by atoms with Crippen molar-refractivity contribution in [3.05, 3.63) is 5.82 Å². The van der Waals surface area contributed by atoms with Crippen molar-refractivity contribution in [2.45, 2.75) is 49.2 Å². The van der Waals surface area contributed by atoms with Crippen LogP contribution in [-0.4, -0.2) is 32.4 Å². The van der Waals surface area contributed by atoms with Gasteiger partial charge in [-0.2, -0.15) is 4.37 Å². The van der Waals surface area contributed by atoms with Crippen LogP contribution in [0.5, 0.6) is 0 Å². The molecule has 0 aliphatic rings. The molecule has 98 valence electrons. The summed E-state index contributed by atoms with van der Waals surface area (Å²) in [6.45, 7) is 6.39. The highest BCUT2D eigenvalue weighted by atomic mass is 32.2. The van der Waals surface area contributed by atoms with E-state index in [0.717, 1.165) is 23.0 Å². The number of hydrogen-bond acceptors (Lipinski definition) is 6. The van der Waals surface area contributed by atoms with E-state index in [4.69, 9.17) is 5.73 Å². The van der Waals surface area contributed by atoms with Crippen molar-refractivity contribution in [1.82, 2.24) is 9.36 Å². The topological polar surface area (TPSA) is 72.0 Å². The van der Waals surface area contributed by atoms with Crippen molar-refractivity contribution < 1.29 is 5.11 Å². The first kappa shape index (κ1) is 14.9. The Bertz CT molecular complexity index is 330. The molecule has 0 fully saturated rings. The van der Waals surface area contributed by atoms with Crippen LogP contribution in [0.25, 0.3) is 0 Å². The molecule has 6 heteroatoms. The quantitative estimate of drug-likeness (QED) is 0.744. The van der Waals surface area contributed by atoms with Crippen LogP contribution in [0.15, 0.2) is 4.34 Å². The third kappa shape index (κ3) is 4.91. The Labute approximate surface area is 111 Å². The van der Waals surface area contributed by atoms with Crippen LogP contribution in [0.3, 0.4) is 0 Å². The predicted molar refractivity (Wildman–Crippen MR) is 73.4 cm³/mol. The van der Waals surface area contributed by atoms with E-state index in [-0.39, 0.29) is 17.9 Å². The number of aryl methyl sites for hydroxylation is 1. The van der Waals surface area contributed by atoms with Crippen molar-refractivity contribution in [2.75, 3.05) is 6.61 Å². The molecule has 0 radical (unpaired) electrons. The van der Waals surface area contributed by atoms with Gasteiger partial charge >= 0.3 is 0 Å². The predicted octanol–water partition coefficient (Wildman–Crippen LogP) is 1.93. The van der Waals surface area contributed by atoms with Crippen molar-refractivity contribution in [2.24, 2.45) is 11.7 Å². The highest BCUT2D eigenvalue weighted by Crippen LogP contribution is 2.28. The van der Waals surface area contributed by atoms with E-state index >= 15 is 0 Å². The molecule has 4 nitrogen and oxygen atoms in total. The van der Waals surface area contributed by atoms with E-state index in [9.17, 15) is 5.11 Å². The summed E-state index contributed by atoms with van der Waals surface area (Å²) in [5.74, 6) is 1.41. The molecule has 1 heterocycles. The third-order valence-electron chi connectivity index (χ3n) is 2.42. The van der Waals surface area contributed by atoms with Crippen LogP contribution < -0.4 is 5.73 Å². The smallest absolute Gasteiger partial charge is 0.170 e. The molecule has 2 atom stereocenters. The van der Waals surface area contributed by atoms with E-state index < -0.39 is 0 Å². The number of aliphatic hydroxyl groups is 1. The number of aliphatic hydroxyl groups excluding tert-OH is 1. The maximum Gasteiger partial charge on any atom is 0.170 e. The van der Waals surface area contributed by atoms with Crippen molar-refractivity contribution in [1.29, 1.82) is 0 Å². The summed E-state index contributed by atoms with van der Waals surface area (Å²) in [7, 11) is 0. The van der Waals surface area contributed by atoms with Gasteiger partial charge in [-0.05, 0) is 23.9 Å². The van der Waals surface area contributed by atoms with Gasteiger partial charge in [0.1, 0.15) is 5.82 Å². The van der Waals surface area contributed by atoms with Gasteiger partial charge in [0, 0.05) is 12.5 Å². The molecular weight excluding hydrogens is 254 g/mol. The molecule has 17 heavy (non-hydrogen) atoms. The third-order valence-corrected chi connectivity index (χ3v) is 4.58. The molecule has 2 unspecified atom stereocenters. The second-order valence-electron chi connectivity index (χ2n) is 4.46. The van der Waals surface area contributed by atoms with E-state index in [1.165, 1.54) is 11.5 Å². The minimum Gasteiger partial charge on any atom is -0.395 e. The molecule has 0 saturated heterocycles. The second-order valence-corrected chi connectivity index (χ2v) is 6.70. The number of nitrogens with zero attached hydrogens (tertiary/aromatic N) is 2. The Morgan fingerprint density at radius 1 is 1.47 bits per heavy atom. The first-order chi connectivity index (χ1) is 8.06. The maximum absolute atomic E-state index is 9.39. The molecule has 0 aliphatic carbocycles. The number of nitrogens with two attached hydrogens (primary N) is 1. The molecule has 1 rings (SSSR count). The maximum atomic E-state index is 9.39. The largest absolute Gasteiger partial charge is 0.395 e. The van der Waals surface area contributed by atoms with Crippen LogP contribution in [0.1, 0.15) is 33.0 Å². The zero-order chi connectivity index (χ0) is 12.8. The zero-order valence-corrected chi connectivity index (χ0v) is 12.2. The van der Waals surface area contributed by atoms with Crippen LogP contribution in [-0.2, 0) is 6.42 Å². The van der Waals surface area contributed by atoms with Crippen LogP contribution >= 0.6 is 23.3 Å². The minimum absolute atomic E-state index is 0.000948. The molecular formula is C11H21N3OS2. The van der Waals surface area contributed by atoms with Gasteiger partial charge in [-0.3, -0.25) is 0 Å². The lowest BCUT2D eigenvalue weighted by atomic mass is 10.0. The van der Waals surface area contributed by atoms with E-state index in [2.05, 4.69) is 23.2 Å². The Morgan fingerprint density at radius 3 is 2.65 bits per heavy atom. The molecule has 0 bridgehead atoms. The minimum atomic E-state index is -0.000948. The second kappa shape index (κ2) is 7.31. The first-order valence-electron chi connectivity index (χ1n) is 5.92. The highest BCUT2D eigenvalue weighted by molar-refractivity contribution is 8.01. The lowest BCUT2D eigenvalue weighted by molar-refractivity contribution is 0.275. The van der Waals surface area contributed by atoms with E-state index in [1.807, 2.05) is 6.92 Å². The lowest BCUT2D eigenvalue weighted by Crippen LogP contribution is -2.36. The van der Waals surface area contributed by atoms with Crippen LogP contribution in [0.4, 0.5) is 0 Å². The average molecular weight is 275 g/mol. The summed E-state index contributed by atoms with van der Waals surface area (Å²) in [4.78, 5) is 4.38.